The second kappa shape index (κ2) is 5.99. The second-order valence-corrected chi connectivity index (χ2v) is 7.10. The minimum Gasteiger partial charge on any atom is -0.492 e. The van der Waals surface area contributed by atoms with Crippen LogP contribution in [0.3, 0.4) is 0 Å². The van der Waals surface area contributed by atoms with Crippen LogP contribution < -0.4 is 0 Å². The fourth-order valence-electron chi connectivity index (χ4n) is 3.29. The third kappa shape index (κ3) is 2.67. The Balaban J connectivity index is 1.88. The Morgan fingerprint density at radius 1 is 1.16 bits per heavy atom. The molecule has 0 spiro atoms. The molecule has 1 atom stereocenters. The lowest BCUT2D eigenvalue weighted by Gasteiger charge is -2.27. The summed E-state index contributed by atoms with van der Waals surface area (Å²) in [6.07, 6.45) is 1.90. The zero-order valence-electron chi connectivity index (χ0n) is 13.3. The molecule has 1 saturated heterocycles. The maximum atomic E-state index is 13.8. The molecule has 4 rings (SSSR count). The topological polar surface area (TPSA) is 53.7 Å². The van der Waals surface area contributed by atoms with Crippen molar-refractivity contribution < 1.29 is 18.3 Å². The van der Waals surface area contributed by atoms with Crippen molar-refractivity contribution in [1.82, 2.24) is 19.5 Å². The monoisotopic (exact) mass is 368 g/mol. The van der Waals surface area contributed by atoms with Crippen molar-refractivity contribution in [2.24, 2.45) is 0 Å². The molecule has 3 heterocycles. The van der Waals surface area contributed by atoms with Crippen LogP contribution in [0.15, 0.2) is 12.1 Å². The van der Waals surface area contributed by atoms with E-state index in [0.29, 0.717) is 15.7 Å². The first kappa shape index (κ1) is 16.3. The van der Waals surface area contributed by atoms with Gasteiger partial charge in [0.1, 0.15) is 5.82 Å². The summed E-state index contributed by atoms with van der Waals surface area (Å²) in [5.41, 5.74) is 0.259. The van der Waals surface area contributed by atoms with Crippen molar-refractivity contribution >= 4 is 16.3 Å². The number of fused-ring (bicyclic) bond motifs is 1. The molecule has 9 heteroatoms. The summed E-state index contributed by atoms with van der Waals surface area (Å²) in [7, 11) is 0. The van der Waals surface area contributed by atoms with E-state index < -0.39 is 23.5 Å². The van der Waals surface area contributed by atoms with Crippen LogP contribution >= 0.6 is 11.3 Å². The summed E-state index contributed by atoms with van der Waals surface area (Å²) in [6, 6.07) is 1.39. The lowest BCUT2D eigenvalue weighted by atomic mass is 10.0. The van der Waals surface area contributed by atoms with Gasteiger partial charge in [-0.15, -0.1) is 5.10 Å². The van der Waals surface area contributed by atoms with Gasteiger partial charge in [-0.1, -0.05) is 11.3 Å². The molecule has 3 aromatic rings. The molecule has 5 nitrogen and oxygen atoms in total. The number of thiazole rings is 1. The minimum atomic E-state index is -1.49. The number of aromatic hydroxyl groups is 1. The van der Waals surface area contributed by atoms with Crippen LogP contribution in [0.25, 0.3) is 4.96 Å². The molecule has 0 radical (unpaired) electrons. The Bertz CT molecular complexity index is 925. The van der Waals surface area contributed by atoms with E-state index >= 15 is 0 Å². The summed E-state index contributed by atoms with van der Waals surface area (Å²) in [6.45, 7) is 3.15. The summed E-state index contributed by atoms with van der Waals surface area (Å²) in [5, 5.41) is 14.7. The molecule has 0 bridgehead atoms. The van der Waals surface area contributed by atoms with Gasteiger partial charge >= 0.3 is 0 Å². The maximum absolute atomic E-state index is 13.8. The van der Waals surface area contributed by atoms with E-state index in [0.717, 1.165) is 38.1 Å². The molecule has 2 aromatic heterocycles. The molecule has 1 unspecified atom stereocenters. The third-order valence-corrected chi connectivity index (χ3v) is 5.45. The Morgan fingerprint density at radius 2 is 1.80 bits per heavy atom. The summed E-state index contributed by atoms with van der Waals surface area (Å²) >= 11 is 1.21. The van der Waals surface area contributed by atoms with Gasteiger partial charge in [0.25, 0.3) is 0 Å². The molecule has 1 aliphatic rings. The van der Waals surface area contributed by atoms with E-state index in [2.05, 4.69) is 10.1 Å². The lowest BCUT2D eigenvalue weighted by molar-refractivity contribution is 0.275. The van der Waals surface area contributed by atoms with Crippen LogP contribution in [0.2, 0.25) is 0 Å². The van der Waals surface area contributed by atoms with Gasteiger partial charge < -0.3 is 5.11 Å². The predicted molar refractivity (Wildman–Crippen MR) is 86.2 cm³/mol. The van der Waals surface area contributed by atoms with E-state index in [9.17, 15) is 18.3 Å². The van der Waals surface area contributed by atoms with E-state index in [1.54, 1.807) is 6.92 Å². The molecule has 0 saturated carbocycles. The van der Waals surface area contributed by atoms with Crippen LogP contribution in [-0.2, 0) is 0 Å². The molecule has 1 aromatic carbocycles. The third-order valence-electron chi connectivity index (χ3n) is 4.38. The highest BCUT2D eigenvalue weighted by atomic mass is 32.1. The van der Waals surface area contributed by atoms with E-state index in [1.165, 1.54) is 15.9 Å². The summed E-state index contributed by atoms with van der Waals surface area (Å²) in [4.78, 5) is 7.23. The Labute approximate surface area is 145 Å². The van der Waals surface area contributed by atoms with Crippen LogP contribution in [0, 0.1) is 24.4 Å². The Kier molecular flexibility index (Phi) is 3.92. The highest BCUT2D eigenvalue weighted by molar-refractivity contribution is 7.17. The highest BCUT2D eigenvalue weighted by Gasteiger charge is 2.32. The molecule has 1 fully saturated rings. The summed E-state index contributed by atoms with van der Waals surface area (Å²) < 4.78 is 42.2. The van der Waals surface area contributed by atoms with Gasteiger partial charge in [0, 0.05) is 0 Å². The van der Waals surface area contributed by atoms with Gasteiger partial charge in [-0.2, -0.15) is 4.52 Å². The van der Waals surface area contributed by atoms with Gasteiger partial charge in [-0.3, -0.25) is 4.90 Å². The first-order valence-electron chi connectivity index (χ1n) is 7.89. The normalized spacial score (nSPS) is 16.8. The number of nitrogens with zero attached hydrogens (tertiary/aromatic N) is 4. The molecule has 132 valence electrons. The zero-order chi connectivity index (χ0) is 17.7. The van der Waals surface area contributed by atoms with Crippen molar-refractivity contribution in [2.45, 2.75) is 25.8 Å². The van der Waals surface area contributed by atoms with E-state index in [1.807, 2.05) is 4.90 Å². The number of aryl methyl sites for hydroxylation is 1. The Hall–Kier alpha value is -2.13. The second-order valence-electron chi connectivity index (χ2n) is 6.09. The van der Waals surface area contributed by atoms with Crippen LogP contribution in [0.1, 0.15) is 35.1 Å². The van der Waals surface area contributed by atoms with E-state index in [-0.39, 0.29) is 11.4 Å². The quantitative estimate of drug-likeness (QED) is 0.720. The maximum Gasteiger partial charge on any atom is 0.230 e. The van der Waals surface area contributed by atoms with Crippen LogP contribution in [0.4, 0.5) is 13.2 Å². The van der Waals surface area contributed by atoms with Crippen LogP contribution in [-0.4, -0.2) is 37.7 Å². The number of likely N-dealkylation sites (tertiary alicyclic amines) is 1. The predicted octanol–water partition coefficient (Wildman–Crippen LogP) is 3.41. The highest BCUT2D eigenvalue weighted by Crippen LogP contribution is 2.41. The van der Waals surface area contributed by atoms with Crippen molar-refractivity contribution in [3.8, 4) is 5.88 Å². The first-order chi connectivity index (χ1) is 12.0. The molecular weight excluding hydrogens is 353 g/mol. The largest absolute Gasteiger partial charge is 0.492 e. The van der Waals surface area contributed by atoms with Crippen LogP contribution in [0.5, 0.6) is 5.88 Å². The van der Waals surface area contributed by atoms with Gasteiger partial charge in [-0.25, -0.2) is 18.2 Å². The van der Waals surface area contributed by atoms with Crippen molar-refractivity contribution in [3.05, 3.63) is 45.8 Å². The van der Waals surface area contributed by atoms with Gasteiger partial charge in [0.2, 0.25) is 10.8 Å². The average molecular weight is 368 g/mol. The van der Waals surface area contributed by atoms with Gasteiger partial charge in [0.05, 0.1) is 10.9 Å². The fraction of sp³-hybridized carbons (Fsp3) is 0.375. The molecular formula is C16H15F3N4OS. The summed E-state index contributed by atoms with van der Waals surface area (Å²) in [5.74, 6) is -3.57. The number of hydrogen-bond donors (Lipinski definition) is 1. The SMILES string of the molecule is Cc1nc2sc(C(c3cc(F)c(F)c(F)c3)N3CCCC3)c(O)n2n1. The number of hydrogen-bond acceptors (Lipinski definition) is 5. The number of aromatic nitrogens is 3. The number of benzene rings is 1. The zero-order valence-corrected chi connectivity index (χ0v) is 14.2. The molecule has 1 N–H and O–H groups in total. The van der Waals surface area contributed by atoms with Gasteiger partial charge in [-0.05, 0) is 50.6 Å². The van der Waals surface area contributed by atoms with Crippen molar-refractivity contribution in [3.63, 3.8) is 0 Å². The minimum absolute atomic E-state index is 0.109. The van der Waals surface area contributed by atoms with Gasteiger partial charge in [0.15, 0.2) is 17.5 Å². The lowest BCUT2D eigenvalue weighted by Crippen LogP contribution is -2.26. The van der Waals surface area contributed by atoms with Crippen molar-refractivity contribution in [1.29, 1.82) is 0 Å². The molecule has 1 aliphatic heterocycles. The average Bonchev–Trinajstić information content (AvgIpc) is 3.26. The first-order valence-corrected chi connectivity index (χ1v) is 8.71. The fourth-order valence-corrected chi connectivity index (χ4v) is 4.45. The van der Waals surface area contributed by atoms with E-state index in [4.69, 9.17) is 0 Å². The standard InChI is InChI=1S/C16H15F3N4OS/c1-8-20-16-23(21-8)15(24)14(25-16)13(22-4-2-3-5-22)9-6-10(17)12(19)11(18)7-9/h6-7,13,24H,2-5H2,1H3. The number of rotatable bonds is 3. The molecule has 0 amide bonds. The molecule has 0 aliphatic carbocycles. The Morgan fingerprint density at radius 3 is 2.40 bits per heavy atom. The smallest absolute Gasteiger partial charge is 0.230 e. The van der Waals surface area contributed by atoms with Crippen molar-refractivity contribution in [2.75, 3.05) is 13.1 Å². The molecule has 25 heavy (non-hydrogen) atoms. The number of halogens is 3.